The molecule has 1 aromatic heterocycles. The van der Waals surface area contributed by atoms with E-state index in [-0.39, 0.29) is 11.5 Å². The lowest BCUT2D eigenvalue weighted by molar-refractivity contribution is 0.332. The molecule has 1 unspecified atom stereocenters. The fourth-order valence-corrected chi connectivity index (χ4v) is 1.36. The number of nitrogens with zero attached hydrogens (tertiary/aromatic N) is 2. The van der Waals surface area contributed by atoms with Gasteiger partial charge in [-0.15, -0.1) is 10.2 Å². The van der Waals surface area contributed by atoms with Crippen molar-refractivity contribution < 1.29 is 4.42 Å². The van der Waals surface area contributed by atoms with Crippen molar-refractivity contribution in [3.8, 4) is 0 Å². The average molecular weight is 211 g/mol. The van der Waals surface area contributed by atoms with Crippen molar-refractivity contribution in [2.24, 2.45) is 5.41 Å². The van der Waals surface area contributed by atoms with E-state index in [1.54, 1.807) is 0 Å². The molecule has 0 bridgehead atoms. The summed E-state index contributed by atoms with van der Waals surface area (Å²) in [5.74, 6) is 1.40. The SMILES string of the molecule is CCNC(C)c1nnc(CC(C)(C)C)o1. The highest BCUT2D eigenvalue weighted by molar-refractivity contribution is 4.90. The number of nitrogens with one attached hydrogen (secondary N) is 1. The van der Waals surface area contributed by atoms with Gasteiger partial charge in [-0.3, -0.25) is 0 Å². The second kappa shape index (κ2) is 4.75. The first kappa shape index (κ1) is 12.2. The van der Waals surface area contributed by atoms with Gasteiger partial charge in [-0.2, -0.15) is 0 Å². The van der Waals surface area contributed by atoms with Gasteiger partial charge >= 0.3 is 0 Å². The number of hydrogen-bond acceptors (Lipinski definition) is 4. The Bertz CT molecular complexity index is 301. The summed E-state index contributed by atoms with van der Waals surface area (Å²) in [6.45, 7) is 11.5. The molecular formula is C11H21N3O. The molecule has 0 aliphatic rings. The molecular weight excluding hydrogens is 190 g/mol. The predicted molar refractivity (Wildman–Crippen MR) is 59.5 cm³/mol. The summed E-state index contributed by atoms with van der Waals surface area (Å²) in [5, 5.41) is 11.3. The zero-order valence-corrected chi connectivity index (χ0v) is 10.3. The van der Waals surface area contributed by atoms with Crippen LogP contribution in [0.2, 0.25) is 0 Å². The normalized spacial score (nSPS) is 14.2. The lowest BCUT2D eigenvalue weighted by Crippen LogP contribution is -2.17. The summed E-state index contributed by atoms with van der Waals surface area (Å²) in [7, 11) is 0. The van der Waals surface area contributed by atoms with Crippen LogP contribution in [0.25, 0.3) is 0 Å². The highest BCUT2D eigenvalue weighted by atomic mass is 16.4. The summed E-state index contributed by atoms with van der Waals surface area (Å²) in [6.07, 6.45) is 0.818. The first-order chi connectivity index (χ1) is 6.92. The lowest BCUT2D eigenvalue weighted by Gasteiger charge is -2.14. The molecule has 0 spiro atoms. The smallest absolute Gasteiger partial charge is 0.233 e. The van der Waals surface area contributed by atoms with Crippen LogP contribution < -0.4 is 5.32 Å². The molecule has 1 aromatic rings. The third-order valence-corrected chi connectivity index (χ3v) is 2.04. The van der Waals surface area contributed by atoms with E-state index in [2.05, 4.69) is 43.2 Å². The molecule has 0 fully saturated rings. The maximum atomic E-state index is 5.59. The molecule has 0 aliphatic carbocycles. The monoisotopic (exact) mass is 211 g/mol. The molecule has 0 aromatic carbocycles. The van der Waals surface area contributed by atoms with E-state index < -0.39 is 0 Å². The zero-order chi connectivity index (χ0) is 11.5. The zero-order valence-electron chi connectivity index (χ0n) is 10.3. The summed E-state index contributed by atoms with van der Waals surface area (Å²) in [5.41, 5.74) is 0.186. The minimum absolute atomic E-state index is 0.135. The molecule has 4 nitrogen and oxygen atoms in total. The first-order valence-electron chi connectivity index (χ1n) is 5.48. The van der Waals surface area contributed by atoms with Crippen molar-refractivity contribution in [3.05, 3.63) is 11.8 Å². The molecule has 1 rings (SSSR count). The minimum atomic E-state index is 0.135. The fraction of sp³-hybridized carbons (Fsp3) is 0.818. The highest BCUT2D eigenvalue weighted by Crippen LogP contribution is 2.20. The Labute approximate surface area is 91.5 Å². The van der Waals surface area contributed by atoms with Gasteiger partial charge in [0.2, 0.25) is 11.8 Å². The predicted octanol–water partition coefficient (Wildman–Crippen LogP) is 2.33. The standard InChI is InChI=1S/C11H21N3O/c1-6-12-8(2)10-14-13-9(15-10)7-11(3,4)5/h8,12H,6-7H2,1-5H3. The van der Waals surface area contributed by atoms with Crippen LogP contribution in [0.1, 0.15) is 52.4 Å². The molecule has 86 valence electrons. The Morgan fingerprint density at radius 1 is 1.33 bits per heavy atom. The Balaban J connectivity index is 2.64. The van der Waals surface area contributed by atoms with Crippen molar-refractivity contribution >= 4 is 0 Å². The largest absolute Gasteiger partial charge is 0.424 e. The van der Waals surface area contributed by atoms with E-state index in [1.807, 2.05) is 6.92 Å². The van der Waals surface area contributed by atoms with Crippen molar-refractivity contribution in [1.29, 1.82) is 0 Å². The van der Waals surface area contributed by atoms with Gasteiger partial charge in [-0.1, -0.05) is 27.7 Å². The Morgan fingerprint density at radius 2 is 2.00 bits per heavy atom. The number of hydrogen-bond donors (Lipinski definition) is 1. The quantitative estimate of drug-likeness (QED) is 0.830. The van der Waals surface area contributed by atoms with Gasteiger partial charge in [-0.05, 0) is 18.9 Å². The molecule has 1 atom stereocenters. The van der Waals surface area contributed by atoms with Gasteiger partial charge in [0.25, 0.3) is 0 Å². The van der Waals surface area contributed by atoms with Crippen LogP contribution in [0.5, 0.6) is 0 Å². The molecule has 0 saturated carbocycles. The van der Waals surface area contributed by atoms with Gasteiger partial charge in [0.05, 0.1) is 6.04 Å². The van der Waals surface area contributed by atoms with Crippen LogP contribution in [0.15, 0.2) is 4.42 Å². The maximum absolute atomic E-state index is 5.59. The molecule has 1 heterocycles. The van der Waals surface area contributed by atoms with Gasteiger partial charge in [0.1, 0.15) is 0 Å². The molecule has 0 aliphatic heterocycles. The van der Waals surface area contributed by atoms with Crippen LogP contribution in [-0.4, -0.2) is 16.7 Å². The van der Waals surface area contributed by atoms with Crippen LogP contribution in [0.3, 0.4) is 0 Å². The maximum Gasteiger partial charge on any atom is 0.233 e. The summed E-state index contributed by atoms with van der Waals surface area (Å²) in [4.78, 5) is 0. The third kappa shape index (κ3) is 4.00. The average Bonchev–Trinajstić information content (AvgIpc) is 2.50. The van der Waals surface area contributed by atoms with E-state index >= 15 is 0 Å². The fourth-order valence-electron chi connectivity index (χ4n) is 1.36. The van der Waals surface area contributed by atoms with E-state index in [4.69, 9.17) is 4.42 Å². The van der Waals surface area contributed by atoms with E-state index in [0.29, 0.717) is 5.89 Å². The molecule has 15 heavy (non-hydrogen) atoms. The van der Waals surface area contributed by atoms with Gasteiger partial charge in [0.15, 0.2) is 0 Å². The first-order valence-corrected chi connectivity index (χ1v) is 5.48. The Morgan fingerprint density at radius 3 is 2.53 bits per heavy atom. The highest BCUT2D eigenvalue weighted by Gasteiger charge is 2.18. The van der Waals surface area contributed by atoms with Crippen molar-refractivity contribution in [1.82, 2.24) is 15.5 Å². The van der Waals surface area contributed by atoms with E-state index in [9.17, 15) is 0 Å². The van der Waals surface area contributed by atoms with E-state index in [0.717, 1.165) is 18.9 Å². The van der Waals surface area contributed by atoms with Crippen molar-refractivity contribution in [3.63, 3.8) is 0 Å². The second-order valence-electron chi connectivity index (χ2n) is 5.05. The molecule has 0 saturated heterocycles. The van der Waals surface area contributed by atoms with E-state index in [1.165, 1.54) is 0 Å². The van der Waals surface area contributed by atoms with Gasteiger partial charge < -0.3 is 9.73 Å². The summed E-state index contributed by atoms with van der Waals surface area (Å²) in [6, 6.07) is 0.135. The van der Waals surface area contributed by atoms with Crippen LogP contribution in [-0.2, 0) is 6.42 Å². The van der Waals surface area contributed by atoms with Crippen LogP contribution >= 0.6 is 0 Å². The Hall–Kier alpha value is -0.900. The van der Waals surface area contributed by atoms with Crippen molar-refractivity contribution in [2.75, 3.05) is 6.54 Å². The summed E-state index contributed by atoms with van der Waals surface area (Å²) >= 11 is 0. The van der Waals surface area contributed by atoms with Crippen LogP contribution in [0.4, 0.5) is 0 Å². The van der Waals surface area contributed by atoms with Gasteiger partial charge in [-0.25, -0.2) is 0 Å². The third-order valence-electron chi connectivity index (χ3n) is 2.04. The molecule has 0 radical (unpaired) electrons. The van der Waals surface area contributed by atoms with Gasteiger partial charge in [0, 0.05) is 6.42 Å². The molecule has 1 N–H and O–H groups in total. The number of aromatic nitrogens is 2. The topological polar surface area (TPSA) is 51.0 Å². The van der Waals surface area contributed by atoms with Crippen molar-refractivity contribution in [2.45, 2.75) is 47.1 Å². The lowest BCUT2D eigenvalue weighted by atomic mass is 9.92. The van der Waals surface area contributed by atoms with Crippen LogP contribution in [0, 0.1) is 5.41 Å². The summed E-state index contributed by atoms with van der Waals surface area (Å²) < 4.78 is 5.59. The number of rotatable bonds is 4. The Kier molecular flexibility index (Phi) is 3.85. The molecule has 4 heteroatoms. The molecule has 0 amide bonds. The second-order valence-corrected chi connectivity index (χ2v) is 5.05. The minimum Gasteiger partial charge on any atom is -0.424 e.